The molecule has 7 nitrogen and oxygen atoms in total. The average Bonchev–Trinajstić information content (AvgIpc) is 3.32. The van der Waals surface area contributed by atoms with Crippen LogP contribution in [0.25, 0.3) is 11.2 Å². The van der Waals surface area contributed by atoms with Gasteiger partial charge in [-0.15, -0.1) is 0 Å². The van der Waals surface area contributed by atoms with E-state index in [4.69, 9.17) is 21.1 Å². The van der Waals surface area contributed by atoms with Crippen molar-refractivity contribution in [2.24, 2.45) is 0 Å². The van der Waals surface area contributed by atoms with E-state index in [1.54, 1.807) is 20.5 Å². The van der Waals surface area contributed by atoms with Crippen molar-refractivity contribution in [3.8, 4) is 11.5 Å². The third-order valence-corrected chi connectivity index (χ3v) is 5.02. The molecule has 1 aromatic carbocycles. The van der Waals surface area contributed by atoms with Gasteiger partial charge >= 0.3 is 0 Å². The number of fused-ring (bicyclic) bond motifs is 1. The number of halogens is 1. The Kier molecular flexibility index (Phi) is 5.03. The monoisotopic (exact) mass is 387 g/mol. The van der Waals surface area contributed by atoms with Crippen LogP contribution in [0.4, 0.5) is 5.82 Å². The van der Waals surface area contributed by atoms with Gasteiger partial charge in [-0.25, -0.2) is 4.98 Å². The zero-order chi connectivity index (χ0) is 18.8. The second-order valence-corrected chi connectivity index (χ2v) is 6.98. The van der Waals surface area contributed by atoms with Gasteiger partial charge in [0, 0.05) is 7.05 Å². The van der Waals surface area contributed by atoms with Crippen molar-refractivity contribution in [1.29, 1.82) is 0 Å². The van der Waals surface area contributed by atoms with E-state index in [1.807, 2.05) is 22.8 Å². The molecule has 2 aromatic heterocycles. The van der Waals surface area contributed by atoms with E-state index in [1.165, 1.54) is 12.8 Å². The molecule has 0 saturated heterocycles. The molecule has 142 valence electrons. The summed E-state index contributed by atoms with van der Waals surface area (Å²) in [6.45, 7) is 0.595. The van der Waals surface area contributed by atoms with Crippen molar-refractivity contribution < 1.29 is 9.47 Å². The summed E-state index contributed by atoms with van der Waals surface area (Å²) in [6.07, 6.45) is 6.67. The van der Waals surface area contributed by atoms with E-state index in [9.17, 15) is 0 Å². The maximum Gasteiger partial charge on any atom is 0.226 e. The molecule has 1 fully saturated rings. The number of rotatable bonds is 6. The summed E-state index contributed by atoms with van der Waals surface area (Å²) < 4.78 is 13.6. The van der Waals surface area contributed by atoms with E-state index in [-0.39, 0.29) is 11.4 Å². The van der Waals surface area contributed by atoms with E-state index in [0.29, 0.717) is 23.5 Å². The molecule has 1 saturated carbocycles. The molecule has 0 bridgehead atoms. The highest BCUT2D eigenvalue weighted by Crippen LogP contribution is 2.33. The zero-order valence-electron chi connectivity index (χ0n) is 15.4. The topological polar surface area (TPSA) is 74.1 Å². The van der Waals surface area contributed by atoms with Crippen LogP contribution in [0.3, 0.4) is 0 Å². The lowest BCUT2D eigenvalue weighted by molar-refractivity contribution is 0.200. The first-order valence-corrected chi connectivity index (χ1v) is 9.45. The Bertz CT molecular complexity index is 953. The number of ether oxygens (including phenoxy) is 2. The Morgan fingerprint density at radius 3 is 2.78 bits per heavy atom. The summed E-state index contributed by atoms with van der Waals surface area (Å²) in [5.41, 5.74) is 2.45. The van der Waals surface area contributed by atoms with Gasteiger partial charge in [-0.05, 0) is 55.0 Å². The van der Waals surface area contributed by atoms with E-state index >= 15 is 0 Å². The van der Waals surface area contributed by atoms with E-state index in [2.05, 4.69) is 20.3 Å². The maximum atomic E-state index is 6.19. The number of aromatic nitrogens is 4. The molecule has 0 atom stereocenters. The number of methoxy groups -OCH3 is 1. The molecule has 27 heavy (non-hydrogen) atoms. The number of nitrogens with one attached hydrogen (secondary N) is 1. The fraction of sp³-hybridized carbons (Fsp3) is 0.421. The summed E-state index contributed by atoms with van der Waals surface area (Å²) in [4.78, 5) is 12.9. The van der Waals surface area contributed by atoms with Gasteiger partial charge in [-0.2, -0.15) is 9.97 Å². The van der Waals surface area contributed by atoms with Crippen LogP contribution in [0.1, 0.15) is 31.2 Å². The standard InChI is InChI=1S/C19H22ClN5O2/c1-21-17-16-18(24-19(20)23-17)25(11-22-16)10-12-7-8-14(26-2)15(9-12)27-13-5-3-4-6-13/h7-9,11,13H,3-6,10H2,1-2H3,(H,21,23,24). The number of nitrogens with zero attached hydrogens (tertiary/aromatic N) is 4. The molecule has 0 amide bonds. The molecular weight excluding hydrogens is 366 g/mol. The number of imidazole rings is 1. The summed E-state index contributed by atoms with van der Waals surface area (Å²) in [5, 5.41) is 3.19. The van der Waals surface area contributed by atoms with Gasteiger partial charge in [0.1, 0.15) is 0 Å². The predicted octanol–water partition coefficient (Wildman–Crippen LogP) is 3.90. The molecule has 0 aliphatic heterocycles. The normalized spacial score (nSPS) is 14.6. The zero-order valence-corrected chi connectivity index (χ0v) is 16.2. The van der Waals surface area contributed by atoms with Gasteiger partial charge in [0.25, 0.3) is 0 Å². The van der Waals surface area contributed by atoms with Crippen molar-refractivity contribution in [2.75, 3.05) is 19.5 Å². The lowest BCUT2D eigenvalue weighted by atomic mass is 10.2. The number of hydrogen-bond donors (Lipinski definition) is 1. The minimum absolute atomic E-state index is 0.189. The highest BCUT2D eigenvalue weighted by atomic mass is 35.5. The van der Waals surface area contributed by atoms with Crippen molar-refractivity contribution >= 4 is 28.6 Å². The van der Waals surface area contributed by atoms with Crippen LogP contribution in [0.15, 0.2) is 24.5 Å². The third kappa shape index (κ3) is 3.64. The lowest BCUT2D eigenvalue weighted by Gasteiger charge is -2.17. The van der Waals surface area contributed by atoms with Crippen molar-refractivity contribution in [1.82, 2.24) is 19.5 Å². The van der Waals surface area contributed by atoms with Crippen molar-refractivity contribution in [2.45, 2.75) is 38.3 Å². The Balaban J connectivity index is 1.64. The first kappa shape index (κ1) is 17.9. The van der Waals surface area contributed by atoms with E-state index in [0.717, 1.165) is 29.9 Å². The fourth-order valence-corrected chi connectivity index (χ4v) is 3.67. The fourth-order valence-electron chi connectivity index (χ4n) is 3.50. The Morgan fingerprint density at radius 2 is 2.04 bits per heavy atom. The first-order chi connectivity index (χ1) is 13.2. The summed E-state index contributed by atoms with van der Waals surface area (Å²) >= 11 is 6.05. The predicted molar refractivity (Wildman–Crippen MR) is 105 cm³/mol. The lowest BCUT2D eigenvalue weighted by Crippen LogP contribution is -2.12. The molecule has 1 aliphatic carbocycles. The summed E-state index contributed by atoms with van der Waals surface area (Å²) in [7, 11) is 3.45. The summed E-state index contributed by atoms with van der Waals surface area (Å²) in [5.74, 6) is 2.16. The maximum absolute atomic E-state index is 6.19. The average molecular weight is 388 g/mol. The molecule has 2 heterocycles. The Hall–Kier alpha value is -2.54. The van der Waals surface area contributed by atoms with Crippen LogP contribution < -0.4 is 14.8 Å². The molecule has 0 unspecified atom stereocenters. The molecule has 0 spiro atoms. The molecule has 4 rings (SSSR count). The van der Waals surface area contributed by atoms with Gasteiger partial charge in [0.15, 0.2) is 28.5 Å². The summed E-state index contributed by atoms with van der Waals surface area (Å²) in [6, 6.07) is 6.00. The minimum atomic E-state index is 0.189. The Labute approximate surface area is 162 Å². The molecule has 1 aliphatic rings. The molecular formula is C19H22ClN5O2. The van der Waals surface area contributed by atoms with Crippen molar-refractivity contribution in [3.05, 3.63) is 35.4 Å². The van der Waals surface area contributed by atoms with Crippen LogP contribution in [-0.4, -0.2) is 39.8 Å². The van der Waals surface area contributed by atoms with E-state index < -0.39 is 0 Å². The van der Waals surface area contributed by atoms with Gasteiger partial charge in [0.2, 0.25) is 5.28 Å². The molecule has 8 heteroatoms. The quantitative estimate of drug-likeness (QED) is 0.646. The second kappa shape index (κ2) is 7.60. The van der Waals surface area contributed by atoms with Crippen molar-refractivity contribution in [3.63, 3.8) is 0 Å². The van der Waals surface area contributed by atoms with Crippen LogP contribution in [-0.2, 0) is 6.54 Å². The molecule has 0 radical (unpaired) electrons. The van der Waals surface area contributed by atoms with Gasteiger partial charge in [-0.3, -0.25) is 0 Å². The SMILES string of the molecule is CNc1nc(Cl)nc2c1ncn2Cc1ccc(OC)c(OC2CCCC2)c1. The van der Waals surface area contributed by atoms with Crippen LogP contribution in [0.5, 0.6) is 11.5 Å². The molecule has 1 N–H and O–H groups in total. The first-order valence-electron chi connectivity index (χ1n) is 9.07. The highest BCUT2D eigenvalue weighted by molar-refractivity contribution is 6.28. The second-order valence-electron chi connectivity index (χ2n) is 6.65. The third-order valence-electron chi connectivity index (χ3n) is 4.85. The molecule has 3 aromatic rings. The number of benzene rings is 1. The van der Waals surface area contributed by atoms with Crippen LogP contribution in [0.2, 0.25) is 5.28 Å². The Morgan fingerprint density at radius 1 is 1.22 bits per heavy atom. The smallest absolute Gasteiger partial charge is 0.226 e. The minimum Gasteiger partial charge on any atom is -0.493 e. The number of hydrogen-bond acceptors (Lipinski definition) is 6. The van der Waals surface area contributed by atoms with Gasteiger partial charge in [-0.1, -0.05) is 6.07 Å². The van der Waals surface area contributed by atoms with Crippen LogP contribution >= 0.6 is 11.6 Å². The van der Waals surface area contributed by atoms with Crippen LogP contribution in [0, 0.1) is 0 Å². The van der Waals surface area contributed by atoms with Gasteiger partial charge < -0.3 is 19.4 Å². The highest BCUT2D eigenvalue weighted by Gasteiger charge is 2.19. The number of anilines is 1. The largest absolute Gasteiger partial charge is 0.493 e. The van der Waals surface area contributed by atoms with Gasteiger partial charge in [0.05, 0.1) is 26.1 Å².